The summed E-state index contributed by atoms with van der Waals surface area (Å²) < 4.78 is 12.8. The van der Waals surface area contributed by atoms with Crippen LogP contribution in [0.4, 0.5) is 5.69 Å². The quantitative estimate of drug-likeness (QED) is 0.640. The van der Waals surface area contributed by atoms with Crippen molar-refractivity contribution in [3.63, 3.8) is 0 Å². The number of ether oxygens (including phenoxy) is 2. The van der Waals surface area contributed by atoms with E-state index in [0.717, 1.165) is 27.9 Å². The van der Waals surface area contributed by atoms with Crippen LogP contribution in [0.3, 0.4) is 0 Å². The summed E-state index contributed by atoms with van der Waals surface area (Å²) >= 11 is 0. The Morgan fingerprint density at radius 3 is 2.52 bits per heavy atom. The lowest BCUT2D eigenvalue weighted by molar-refractivity contribution is -0.119. The summed E-state index contributed by atoms with van der Waals surface area (Å²) in [6.07, 6.45) is 0.0771. The average molecular weight is 391 g/mol. The van der Waals surface area contributed by atoms with E-state index in [-0.39, 0.29) is 18.6 Å². The Balaban J connectivity index is 2.06. The van der Waals surface area contributed by atoms with Gasteiger partial charge in [-0.1, -0.05) is 12.1 Å². The maximum absolute atomic E-state index is 11.7. The van der Waals surface area contributed by atoms with E-state index in [1.54, 1.807) is 0 Å². The van der Waals surface area contributed by atoms with Gasteiger partial charge in [0.05, 0.1) is 22.9 Å². The topological polar surface area (TPSA) is 76.3 Å². The number of benzene rings is 2. The van der Waals surface area contributed by atoms with Crippen LogP contribution in [0.1, 0.15) is 26.3 Å². The Labute approximate surface area is 170 Å². The molecule has 0 fully saturated rings. The smallest absolute Gasteiger partial charge is 0.250 e. The third-order valence-electron chi connectivity index (χ3n) is 4.55. The molecule has 1 heterocycles. The summed E-state index contributed by atoms with van der Waals surface area (Å²) in [5, 5.41) is 13.5. The lowest BCUT2D eigenvalue weighted by Crippen LogP contribution is -2.16. The zero-order valence-electron chi connectivity index (χ0n) is 17.2. The number of hydrogen-bond donors (Lipinski definition) is 1. The first-order valence-electron chi connectivity index (χ1n) is 9.60. The molecule has 0 saturated carbocycles. The highest BCUT2D eigenvalue weighted by Crippen LogP contribution is 2.35. The van der Waals surface area contributed by atoms with Crippen LogP contribution in [0, 0.1) is 11.3 Å². The monoisotopic (exact) mass is 391 g/mol. The summed E-state index contributed by atoms with van der Waals surface area (Å²) in [4.78, 5) is 11.7. The van der Waals surface area contributed by atoms with Gasteiger partial charge in [-0.3, -0.25) is 4.79 Å². The van der Waals surface area contributed by atoms with Crippen LogP contribution in [0.15, 0.2) is 42.5 Å². The van der Waals surface area contributed by atoms with E-state index in [4.69, 9.17) is 9.47 Å². The Bertz CT molecular complexity index is 1060. The highest BCUT2D eigenvalue weighted by molar-refractivity contribution is 5.96. The Kier molecular flexibility index (Phi) is 6.20. The number of rotatable bonds is 7. The maximum atomic E-state index is 11.7. The Morgan fingerprint density at radius 1 is 1.21 bits per heavy atom. The standard InChI is InChI=1S/C23H25N3O3/c1-5-26-21-12-18(29-15(2)3)10-11-19(21)20(13-24)23(26)16-6-8-17(9-7-16)25-22(27)14-28-4/h6-12,15H,5,14H2,1-4H3,(H,25,27). The van der Waals surface area contributed by atoms with Gasteiger partial charge in [-0.2, -0.15) is 5.26 Å². The molecule has 1 amide bonds. The molecule has 2 aromatic carbocycles. The Hall–Kier alpha value is -3.30. The van der Waals surface area contributed by atoms with Crippen LogP contribution in [0.2, 0.25) is 0 Å². The Morgan fingerprint density at radius 2 is 1.93 bits per heavy atom. The lowest BCUT2D eigenvalue weighted by Gasteiger charge is -2.12. The van der Waals surface area contributed by atoms with Crippen LogP contribution in [0.5, 0.6) is 5.75 Å². The summed E-state index contributed by atoms with van der Waals surface area (Å²) in [5.41, 5.74) is 4.06. The van der Waals surface area contributed by atoms with E-state index in [0.29, 0.717) is 17.8 Å². The normalized spacial score (nSPS) is 10.9. The van der Waals surface area contributed by atoms with E-state index < -0.39 is 0 Å². The van der Waals surface area contributed by atoms with E-state index in [1.807, 2.05) is 56.3 Å². The van der Waals surface area contributed by atoms with Crippen LogP contribution in [-0.4, -0.2) is 30.3 Å². The SMILES string of the molecule is CCn1c(-c2ccc(NC(=O)COC)cc2)c(C#N)c2ccc(OC(C)C)cc21. The van der Waals surface area contributed by atoms with Gasteiger partial charge in [-0.15, -0.1) is 0 Å². The molecule has 0 bridgehead atoms. The van der Waals surface area contributed by atoms with Gasteiger partial charge in [0, 0.05) is 30.8 Å². The lowest BCUT2D eigenvalue weighted by atomic mass is 10.1. The first-order chi connectivity index (χ1) is 14.0. The fourth-order valence-corrected chi connectivity index (χ4v) is 3.46. The number of fused-ring (bicyclic) bond motifs is 1. The van der Waals surface area contributed by atoms with Crippen molar-refractivity contribution < 1.29 is 14.3 Å². The predicted octanol–water partition coefficient (Wildman–Crippen LogP) is 4.57. The van der Waals surface area contributed by atoms with Crippen molar-refractivity contribution in [3.8, 4) is 23.1 Å². The van der Waals surface area contributed by atoms with Gasteiger partial charge in [0.25, 0.3) is 0 Å². The first kappa shape index (κ1) is 20.4. The molecule has 6 nitrogen and oxygen atoms in total. The largest absolute Gasteiger partial charge is 0.491 e. The van der Waals surface area contributed by atoms with Gasteiger partial charge >= 0.3 is 0 Å². The molecule has 0 saturated heterocycles. The number of nitrogens with one attached hydrogen (secondary N) is 1. The van der Waals surface area contributed by atoms with Crippen molar-refractivity contribution in [3.05, 3.63) is 48.0 Å². The van der Waals surface area contributed by atoms with Crippen molar-refractivity contribution in [2.24, 2.45) is 0 Å². The van der Waals surface area contributed by atoms with Crippen LogP contribution >= 0.6 is 0 Å². The van der Waals surface area contributed by atoms with Gasteiger partial charge in [0.2, 0.25) is 5.91 Å². The van der Waals surface area contributed by atoms with E-state index >= 15 is 0 Å². The number of methoxy groups -OCH3 is 1. The molecule has 0 unspecified atom stereocenters. The predicted molar refractivity (Wildman–Crippen MR) is 114 cm³/mol. The van der Waals surface area contributed by atoms with Gasteiger partial charge in [0.1, 0.15) is 18.4 Å². The van der Waals surface area contributed by atoms with Gasteiger partial charge in [0.15, 0.2) is 0 Å². The maximum Gasteiger partial charge on any atom is 0.250 e. The molecule has 0 aliphatic rings. The van der Waals surface area contributed by atoms with Crippen molar-refractivity contribution in [1.82, 2.24) is 4.57 Å². The summed E-state index contributed by atoms with van der Waals surface area (Å²) in [5.74, 6) is 0.574. The van der Waals surface area contributed by atoms with Gasteiger partial charge in [-0.05, 0) is 50.6 Å². The second-order valence-corrected chi connectivity index (χ2v) is 6.98. The minimum absolute atomic E-state index is 0.00515. The van der Waals surface area contributed by atoms with Crippen molar-refractivity contribution >= 4 is 22.5 Å². The number of aryl methyl sites for hydroxylation is 1. The number of hydrogen-bond acceptors (Lipinski definition) is 4. The van der Waals surface area contributed by atoms with E-state index in [9.17, 15) is 10.1 Å². The highest BCUT2D eigenvalue weighted by atomic mass is 16.5. The molecule has 3 rings (SSSR count). The van der Waals surface area contributed by atoms with Crippen LogP contribution in [0.25, 0.3) is 22.2 Å². The molecule has 3 aromatic rings. The summed E-state index contributed by atoms with van der Waals surface area (Å²) in [7, 11) is 1.48. The molecule has 0 spiro atoms. The second kappa shape index (κ2) is 8.80. The van der Waals surface area contributed by atoms with E-state index in [2.05, 4.69) is 22.9 Å². The molecule has 0 atom stereocenters. The molecule has 6 heteroatoms. The number of nitriles is 1. The van der Waals surface area contributed by atoms with Crippen LogP contribution in [-0.2, 0) is 16.1 Å². The van der Waals surface area contributed by atoms with Crippen molar-refractivity contribution in [2.75, 3.05) is 19.0 Å². The molecule has 1 aromatic heterocycles. The number of amides is 1. The minimum Gasteiger partial charge on any atom is -0.491 e. The van der Waals surface area contributed by atoms with Crippen molar-refractivity contribution in [1.29, 1.82) is 5.26 Å². The number of anilines is 1. The molecular weight excluding hydrogens is 366 g/mol. The third-order valence-corrected chi connectivity index (χ3v) is 4.55. The van der Waals surface area contributed by atoms with E-state index in [1.165, 1.54) is 7.11 Å². The molecule has 150 valence electrons. The average Bonchev–Trinajstić information content (AvgIpc) is 3.01. The number of aromatic nitrogens is 1. The molecule has 0 aliphatic carbocycles. The highest BCUT2D eigenvalue weighted by Gasteiger charge is 2.19. The molecule has 29 heavy (non-hydrogen) atoms. The van der Waals surface area contributed by atoms with Crippen molar-refractivity contribution in [2.45, 2.75) is 33.4 Å². The minimum atomic E-state index is -0.210. The fraction of sp³-hybridized carbons (Fsp3) is 0.304. The van der Waals surface area contributed by atoms with Crippen LogP contribution < -0.4 is 10.1 Å². The first-order valence-corrected chi connectivity index (χ1v) is 9.60. The zero-order chi connectivity index (χ0) is 21.0. The number of carbonyl (C=O) groups excluding carboxylic acids is 1. The third kappa shape index (κ3) is 4.25. The number of carbonyl (C=O) groups is 1. The molecule has 0 aliphatic heterocycles. The zero-order valence-corrected chi connectivity index (χ0v) is 17.2. The molecular formula is C23H25N3O3. The number of nitrogens with zero attached hydrogens (tertiary/aromatic N) is 2. The summed E-state index contributed by atoms with van der Waals surface area (Å²) in [6, 6.07) is 15.7. The summed E-state index contributed by atoms with van der Waals surface area (Å²) in [6.45, 7) is 6.75. The second-order valence-electron chi connectivity index (χ2n) is 6.98. The van der Waals surface area contributed by atoms with Gasteiger partial charge in [-0.25, -0.2) is 0 Å². The fourth-order valence-electron chi connectivity index (χ4n) is 3.46. The van der Waals surface area contributed by atoms with Gasteiger partial charge < -0.3 is 19.4 Å². The molecule has 1 N–H and O–H groups in total. The molecule has 0 radical (unpaired) electrons.